The highest BCUT2D eigenvalue weighted by Crippen LogP contribution is 2.14. The minimum absolute atomic E-state index is 0.104. The summed E-state index contributed by atoms with van der Waals surface area (Å²) in [6, 6.07) is 0. The van der Waals surface area contributed by atoms with Crippen molar-refractivity contribution in [2.45, 2.75) is 90.3 Å². The molecule has 0 amide bonds. The van der Waals surface area contributed by atoms with Crippen LogP contribution in [0, 0.1) is 0 Å². The highest BCUT2D eigenvalue weighted by molar-refractivity contribution is 4.54. The zero-order valence-electron chi connectivity index (χ0n) is 12.3. The molecule has 1 unspecified atom stereocenters. The molecule has 1 fully saturated rings. The van der Waals surface area contributed by atoms with Gasteiger partial charge < -0.3 is 9.47 Å². The third-order valence-corrected chi connectivity index (χ3v) is 3.69. The van der Waals surface area contributed by atoms with E-state index >= 15 is 0 Å². The van der Waals surface area contributed by atoms with Crippen molar-refractivity contribution in [3.63, 3.8) is 0 Å². The highest BCUT2D eigenvalue weighted by atomic mass is 16.7. The summed E-state index contributed by atoms with van der Waals surface area (Å²) in [6.45, 7) is 4.05. The van der Waals surface area contributed by atoms with Crippen molar-refractivity contribution in [3.05, 3.63) is 0 Å². The number of hydrogen-bond donors (Lipinski definition) is 0. The lowest BCUT2D eigenvalue weighted by atomic mass is 10.1. The summed E-state index contributed by atoms with van der Waals surface area (Å²) >= 11 is 0. The molecule has 0 aromatic heterocycles. The molecule has 0 aliphatic carbocycles. The van der Waals surface area contributed by atoms with Crippen LogP contribution in [0.2, 0.25) is 0 Å². The first-order valence-corrected chi connectivity index (χ1v) is 8.16. The lowest BCUT2D eigenvalue weighted by Gasteiger charge is -2.22. The fourth-order valence-electron chi connectivity index (χ4n) is 2.47. The number of unbranched alkanes of at least 4 members (excludes halogenated alkanes) is 8. The molecule has 1 atom stereocenters. The quantitative estimate of drug-likeness (QED) is 0.481. The van der Waals surface area contributed by atoms with Gasteiger partial charge in [-0.05, 0) is 25.7 Å². The van der Waals surface area contributed by atoms with Crippen LogP contribution in [0.5, 0.6) is 0 Å². The first-order valence-electron chi connectivity index (χ1n) is 8.16. The summed E-state index contributed by atoms with van der Waals surface area (Å²) in [5, 5.41) is 0. The Labute approximate surface area is 113 Å². The maximum atomic E-state index is 5.72. The number of ether oxygens (including phenoxy) is 2. The molecule has 0 aromatic rings. The summed E-state index contributed by atoms with van der Waals surface area (Å²) < 4.78 is 11.3. The van der Waals surface area contributed by atoms with E-state index < -0.39 is 0 Å². The van der Waals surface area contributed by atoms with Gasteiger partial charge >= 0.3 is 0 Å². The van der Waals surface area contributed by atoms with Crippen LogP contribution in [-0.2, 0) is 9.47 Å². The van der Waals surface area contributed by atoms with E-state index in [-0.39, 0.29) is 6.29 Å². The maximum Gasteiger partial charge on any atom is 0.157 e. The monoisotopic (exact) mass is 256 g/mol. The lowest BCUT2D eigenvalue weighted by molar-refractivity contribution is -0.162. The van der Waals surface area contributed by atoms with Gasteiger partial charge in [-0.25, -0.2) is 0 Å². The smallest absolute Gasteiger partial charge is 0.157 e. The van der Waals surface area contributed by atoms with Crippen molar-refractivity contribution < 1.29 is 9.47 Å². The third-order valence-electron chi connectivity index (χ3n) is 3.69. The van der Waals surface area contributed by atoms with Gasteiger partial charge in [0.05, 0.1) is 0 Å². The first-order chi connectivity index (χ1) is 8.93. The van der Waals surface area contributed by atoms with Crippen LogP contribution in [0.4, 0.5) is 0 Å². The molecule has 1 heterocycles. The Morgan fingerprint density at radius 1 is 0.889 bits per heavy atom. The molecule has 0 radical (unpaired) electrons. The fourth-order valence-corrected chi connectivity index (χ4v) is 2.47. The van der Waals surface area contributed by atoms with Gasteiger partial charge in [-0.1, -0.05) is 58.3 Å². The number of hydrogen-bond acceptors (Lipinski definition) is 2. The van der Waals surface area contributed by atoms with Gasteiger partial charge in [0.1, 0.15) is 0 Å². The Hall–Kier alpha value is -0.0800. The Morgan fingerprint density at radius 3 is 2.17 bits per heavy atom. The minimum Gasteiger partial charge on any atom is -0.353 e. The molecule has 1 rings (SSSR count). The number of rotatable bonds is 11. The minimum atomic E-state index is 0.104. The van der Waals surface area contributed by atoms with Crippen LogP contribution in [0.1, 0.15) is 84.0 Å². The van der Waals surface area contributed by atoms with Gasteiger partial charge in [0.2, 0.25) is 0 Å². The Morgan fingerprint density at radius 2 is 1.56 bits per heavy atom. The molecule has 1 aliphatic rings. The average Bonchev–Trinajstić information content (AvgIpc) is 2.42. The molecule has 1 saturated heterocycles. The lowest BCUT2D eigenvalue weighted by Crippen LogP contribution is -2.22. The van der Waals surface area contributed by atoms with Crippen molar-refractivity contribution in [2.24, 2.45) is 0 Å². The molecule has 1 aliphatic heterocycles. The van der Waals surface area contributed by atoms with E-state index in [1.54, 1.807) is 0 Å². The van der Waals surface area contributed by atoms with Gasteiger partial charge in [-0.3, -0.25) is 0 Å². The topological polar surface area (TPSA) is 18.5 Å². The third kappa shape index (κ3) is 8.93. The van der Waals surface area contributed by atoms with E-state index in [1.807, 2.05) is 0 Å². The molecular formula is C16H32O2. The summed E-state index contributed by atoms with van der Waals surface area (Å²) in [5.41, 5.74) is 0. The standard InChI is InChI=1S/C16H32O2/c1-2-3-4-5-6-7-8-9-11-14-17-16-13-10-12-15-18-16/h16H,2-15H2,1H3. The van der Waals surface area contributed by atoms with Crippen LogP contribution >= 0.6 is 0 Å². The van der Waals surface area contributed by atoms with E-state index in [4.69, 9.17) is 9.47 Å². The van der Waals surface area contributed by atoms with E-state index in [0.29, 0.717) is 0 Å². The molecule has 0 bridgehead atoms. The van der Waals surface area contributed by atoms with E-state index in [0.717, 1.165) is 19.6 Å². The second kappa shape index (κ2) is 12.0. The van der Waals surface area contributed by atoms with Crippen LogP contribution in [0.15, 0.2) is 0 Å². The van der Waals surface area contributed by atoms with Gasteiger partial charge in [0, 0.05) is 13.2 Å². The zero-order chi connectivity index (χ0) is 12.9. The van der Waals surface area contributed by atoms with Gasteiger partial charge in [0.15, 0.2) is 6.29 Å². The first kappa shape index (κ1) is 16.0. The average molecular weight is 256 g/mol. The molecule has 2 nitrogen and oxygen atoms in total. The van der Waals surface area contributed by atoms with E-state index in [9.17, 15) is 0 Å². The Bertz CT molecular complexity index is 164. The van der Waals surface area contributed by atoms with Crippen molar-refractivity contribution in [1.82, 2.24) is 0 Å². The molecule has 0 aromatic carbocycles. The van der Waals surface area contributed by atoms with Crippen molar-refractivity contribution in [2.75, 3.05) is 13.2 Å². The summed E-state index contributed by atoms with van der Waals surface area (Å²) in [5.74, 6) is 0. The largest absolute Gasteiger partial charge is 0.353 e. The molecular weight excluding hydrogens is 224 g/mol. The van der Waals surface area contributed by atoms with Crippen LogP contribution in [0.3, 0.4) is 0 Å². The molecule has 0 saturated carbocycles. The van der Waals surface area contributed by atoms with Gasteiger partial charge in [-0.15, -0.1) is 0 Å². The fraction of sp³-hybridized carbons (Fsp3) is 1.00. The second-order valence-electron chi connectivity index (χ2n) is 5.50. The van der Waals surface area contributed by atoms with Crippen molar-refractivity contribution in [3.8, 4) is 0 Å². The van der Waals surface area contributed by atoms with Crippen molar-refractivity contribution >= 4 is 0 Å². The van der Waals surface area contributed by atoms with E-state index in [1.165, 1.54) is 70.6 Å². The van der Waals surface area contributed by atoms with Crippen LogP contribution in [-0.4, -0.2) is 19.5 Å². The highest BCUT2D eigenvalue weighted by Gasteiger charge is 2.13. The van der Waals surface area contributed by atoms with Crippen molar-refractivity contribution in [1.29, 1.82) is 0 Å². The van der Waals surface area contributed by atoms with Gasteiger partial charge in [0.25, 0.3) is 0 Å². The molecule has 0 N–H and O–H groups in total. The molecule has 0 spiro atoms. The van der Waals surface area contributed by atoms with Crippen LogP contribution < -0.4 is 0 Å². The van der Waals surface area contributed by atoms with E-state index in [2.05, 4.69) is 6.92 Å². The summed E-state index contributed by atoms with van der Waals surface area (Å²) in [6.07, 6.45) is 16.0. The molecule has 2 heteroatoms. The van der Waals surface area contributed by atoms with Gasteiger partial charge in [-0.2, -0.15) is 0 Å². The normalized spacial score (nSPS) is 20.2. The van der Waals surface area contributed by atoms with Crippen LogP contribution in [0.25, 0.3) is 0 Å². The second-order valence-corrected chi connectivity index (χ2v) is 5.50. The molecule has 18 heavy (non-hydrogen) atoms. The Kier molecular flexibility index (Phi) is 10.6. The SMILES string of the molecule is CCCCCCCCCCCOC1CCCCO1. The predicted molar refractivity (Wildman–Crippen MR) is 76.8 cm³/mol. The summed E-state index contributed by atoms with van der Waals surface area (Å²) in [4.78, 5) is 0. The predicted octanol–water partition coefficient (Wildman–Crippen LogP) is 5.06. The summed E-state index contributed by atoms with van der Waals surface area (Å²) in [7, 11) is 0. The Balaban J connectivity index is 1.73. The zero-order valence-corrected chi connectivity index (χ0v) is 12.3. The maximum absolute atomic E-state index is 5.72. The molecule has 108 valence electrons.